The highest BCUT2D eigenvalue weighted by atomic mass is 16.2. The van der Waals surface area contributed by atoms with Gasteiger partial charge in [0.2, 0.25) is 0 Å². The van der Waals surface area contributed by atoms with Crippen molar-refractivity contribution in [1.29, 1.82) is 0 Å². The Morgan fingerprint density at radius 2 is 1.89 bits per heavy atom. The van der Waals surface area contributed by atoms with Crippen molar-refractivity contribution in [1.82, 2.24) is 10.2 Å². The van der Waals surface area contributed by atoms with Crippen LogP contribution in [0.15, 0.2) is 48.5 Å². The Morgan fingerprint density at radius 1 is 1.11 bits per heavy atom. The third-order valence-corrected chi connectivity index (χ3v) is 6.06. The lowest BCUT2D eigenvalue weighted by Crippen LogP contribution is -2.47. The quantitative estimate of drug-likeness (QED) is 0.886. The molecule has 2 fully saturated rings. The van der Waals surface area contributed by atoms with Gasteiger partial charge in [-0.2, -0.15) is 0 Å². The summed E-state index contributed by atoms with van der Waals surface area (Å²) in [5, 5.41) is 2.83. The van der Waals surface area contributed by atoms with Crippen LogP contribution in [0.4, 0.5) is 10.5 Å². The Hall–Kier alpha value is -2.82. The van der Waals surface area contributed by atoms with Crippen LogP contribution in [0.5, 0.6) is 0 Å². The molecule has 0 saturated carbocycles. The first-order valence-electron chi connectivity index (χ1n) is 9.99. The predicted octanol–water partition coefficient (Wildman–Crippen LogP) is 3.72. The summed E-state index contributed by atoms with van der Waals surface area (Å²) in [4.78, 5) is 29.0. The molecule has 146 valence electrons. The summed E-state index contributed by atoms with van der Waals surface area (Å²) in [5.41, 5.74) is 3.73. The first kappa shape index (κ1) is 18.5. The van der Waals surface area contributed by atoms with E-state index in [4.69, 9.17) is 0 Å². The largest absolute Gasteiger partial charge is 0.338 e. The average molecular weight is 377 g/mol. The fraction of sp³-hybridized carbons (Fsp3) is 0.391. The smallest absolute Gasteiger partial charge is 0.322 e. The highest BCUT2D eigenvalue weighted by Gasteiger charge is 2.35. The number of anilines is 1. The van der Waals surface area contributed by atoms with Gasteiger partial charge in [0.05, 0.1) is 0 Å². The van der Waals surface area contributed by atoms with Crippen LogP contribution in [-0.4, -0.2) is 43.0 Å². The number of urea groups is 1. The van der Waals surface area contributed by atoms with Crippen molar-refractivity contribution >= 4 is 17.6 Å². The molecule has 2 saturated heterocycles. The summed E-state index contributed by atoms with van der Waals surface area (Å²) in [7, 11) is 0. The second-order valence-corrected chi connectivity index (χ2v) is 8.14. The molecule has 1 atom stereocenters. The van der Waals surface area contributed by atoms with E-state index >= 15 is 0 Å². The number of likely N-dealkylation sites (tertiary alicyclic amines) is 1. The number of hydrogen-bond donors (Lipinski definition) is 1. The number of aryl methyl sites for hydroxylation is 1. The highest BCUT2D eigenvalue weighted by Crippen LogP contribution is 2.34. The van der Waals surface area contributed by atoms with E-state index in [0.29, 0.717) is 25.2 Å². The Balaban J connectivity index is 1.58. The zero-order chi connectivity index (χ0) is 19.7. The molecule has 1 N–H and O–H groups in total. The van der Waals surface area contributed by atoms with E-state index in [9.17, 15) is 9.59 Å². The molecule has 0 aromatic heterocycles. The zero-order valence-electron chi connectivity index (χ0n) is 16.6. The van der Waals surface area contributed by atoms with Gasteiger partial charge in [-0.3, -0.25) is 9.69 Å². The van der Waals surface area contributed by atoms with Crippen LogP contribution in [0.25, 0.3) is 0 Å². The van der Waals surface area contributed by atoms with Gasteiger partial charge in [0.1, 0.15) is 0 Å². The molecule has 0 spiro atoms. The molecule has 4 rings (SSSR count). The topological polar surface area (TPSA) is 52.7 Å². The van der Waals surface area contributed by atoms with Gasteiger partial charge in [-0.1, -0.05) is 43.3 Å². The van der Waals surface area contributed by atoms with Crippen molar-refractivity contribution in [3.05, 3.63) is 65.2 Å². The Kier molecular flexibility index (Phi) is 4.84. The van der Waals surface area contributed by atoms with Crippen molar-refractivity contribution in [2.45, 2.75) is 32.1 Å². The summed E-state index contributed by atoms with van der Waals surface area (Å²) < 4.78 is 0. The number of benzene rings is 2. The molecule has 2 aromatic rings. The third kappa shape index (κ3) is 3.37. The first-order chi connectivity index (χ1) is 13.5. The number of carbonyl (C=O) groups is 2. The van der Waals surface area contributed by atoms with Crippen molar-refractivity contribution in [3.8, 4) is 0 Å². The van der Waals surface area contributed by atoms with Gasteiger partial charge < -0.3 is 10.2 Å². The summed E-state index contributed by atoms with van der Waals surface area (Å²) >= 11 is 0. The van der Waals surface area contributed by atoms with Gasteiger partial charge in [0.25, 0.3) is 5.91 Å². The lowest BCUT2D eigenvalue weighted by Gasteiger charge is -2.41. The summed E-state index contributed by atoms with van der Waals surface area (Å²) in [6, 6.07) is 16.1. The number of nitrogens with one attached hydrogen (secondary N) is 1. The molecule has 0 bridgehead atoms. The Labute approximate surface area is 166 Å². The summed E-state index contributed by atoms with van der Waals surface area (Å²) in [6.07, 6.45) is 2.07. The summed E-state index contributed by atoms with van der Waals surface area (Å²) in [6.45, 7) is 6.97. The van der Waals surface area contributed by atoms with Crippen molar-refractivity contribution in [2.75, 3.05) is 31.1 Å². The molecule has 3 amide bonds. The minimum Gasteiger partial charge on any atom is -0.338 e. The van der Waals surface area contributed by atoms with Crippen LogP contribution >= 0.6 is 0 Å². The average Bonchev–Trinajstić information content (AvgIpc) is 3.14. The SMILES string of the molecule is Cc1ccc(C(=O)N2CCCC(C)(c3ccccc3)C2)cc1N1CCNC1=O. The molecule has 28 heavy (non-hydrogen) atoms. The molecular weight excluding hydrogens is 350 g/mol. The molecule has 0 radical (unpaired) electrons. The van der Waals surface area contributed by atoms with Crippen LogP contribution in [0.2, 0.25) is 0 Å². The zero-order valence-corrected chi connectivity index (χ0v) is 16.6. The molecule has 2 heterocycles. The third-order valence-electron chi connectivity index (χ3n) is 6.06. The van der Waals surface area contributed by atoms with E-state index in [1.54, 1.807) is 4.90 Å². The first-order valence-corrected chi connectivity index (χ1v) is 9.99. The number of hydrogen-bond acceptors (Lipinski definition) is 2. The molecule has 0 aliphatic carbocycles. The number of nitrogens with zero attached hydrogens (tertiary/aromatic N) is 2. The molecular formula is C23H27N3O2. The number of piperidine rings is 1. The van der Waals surface area contributed by atoms with Gasteiger partial charge in [-0.05, 0) is 43.0 Å². The second kappa shape index (κ2) is 7.30. The van der Waals surface area contributed by atoms with Crippen LogP contribution < -0.4 is 10.2 Å². The van der Waals surface area contributed by atoms with E-state index in [0.717, 1.165) is 30.6 Å². The van der Waals surface area contributed by atoms with Crippen molar-refractivity contribution < 1.29 is 9.59 Å². The molecule has 2 aliphatic heterocycles. The fourth-order valence-corrected chi connectivity index (χ4v) is 4.41. The lowest BCUT2D eigenvalue weighted by atomic mass is 9.76. The van der Waals surface area contributed by atoms with E-state index < -0.39 is 0 Å². The van der Waals surface area contributed by atoms with Crippen LogP contribution in [0.3, 0.4) is 0 Å². The molecule has 5 nitrogen and oxygen atoms in total. The molecule has 1 unspecified atom stereocenters. The standard InChI is InChI=1S/C23H27N3O2/c1-17-9-10-18(15-20(17)26-14-12-24-22(26)28)21(27)25-13-6-11-23(2,16-25)19-7-4-3-5-8-19/h3-5,7-10,15H,6,11-14,16H2,1-2H3,(H,24,28). The van der Waals surface area contributed by atoms with Gasteiger partial charge >= 0.3 is 6.03 Å². The van der Waals surface area contributed by atoms with Gasteiger partial charge in [0.15, 0.2) is 0 Å². The van der Waals surface area contributed by atoms with Crippen LogP contribution in [-0.2, 0) is 5.41 Å². The fourth-order valence-electron chi connectivity index (χ4n) is 4.41. The monoisotopic (exact) mass is 377 g/mol. The maximum absolute atomic E-state index is 13.3. The minimum absolute atomic E-state index is 0.0302. The van der Waals surface area contributed by atoms with Crippen LogP contribution in [0, 0.1) is 6.92 Å². The van der Waals surface area contributed by atoms with Crippen LogP contribution in [0.1, 0.15) is 41.3 Å². The van der Waals surface area contributed by atoms with Gasteiger partial charge in [0, 0.05) is 42.8 Å². The maximum Gasteiger partial charge on any atom is 0.322 e. The predicted molar refractivity (Wildman–Crippen MR) is 111 cm³/mol. The molecule has 2 aliphatic rings. The number of amides is 3. The van der Waals surface area contributed by atoms with E-state index in [1.807, 2.05) is 36.1 Å². The Morgan fingerprint density at radius 3 is 2.61 bits per heavy atom. The normalized spacial score (nSPS) is 22.3. The van der Waals surface area contributed by atoms with Gasteiger partial charge in [-0.15, -0.1) is 0 Å². The van der Waals surface area contributed by atoms with Gasteiger partial charge in [-0.25, -0.2) is 4.79 Å². The van der Waals surface area contributed by atoms with Crippen molar-refractivity contribution in [2.24, 2.45) is 0 Å². The maximum atomic E-state index is 13.3. The molecule has 2 aromatic carbocycles. The van der Waals surface area contributed by atoms with E-state index in [1.165, 1.54) is 5.56 Å². The van der Waals surface area contributed by atoms with E-state index in [-0.39, 0.29) is 17.4 Å². The number of carbonyl (C=O) groups excluding carboxylic acids is 2. The Bertz CT molecular complexity index is 896. The summed E-state index contributed by atoms with van der Waals surface area (Å²) in [5.74, 6) is 0.0442. The highest BCUT2D eigenvalue weighted by molar-refractivity contribution is 5.99. The van der Waals surface area contributed by atoms with E-state index in [2.05, 4.69) is 36.5 Å². The minimum atomic E-state index is -0.0951. The lowest BCUT2D eigenvalue weighted by molar-refractivity contribution is 0.0651. The second-order valence-electron chi connectivity index (χ2n) is 8.14. The number of rotatable bonds is 3. The molecule has 5 heteroatoms. The van der Waals surface area contributed by atoms with Crippen molar-refractivity contribution in [3.63, 3.8) is 0 Å².